The minimum absolute atomic E-state index is 0.0820. The number of benzene rings is 2. The minimum atomic E-state index is 0.0820. The standard InChI is InChI=1S/C24H23N5O/c1-28-21(12-13-25-28)22-19-11-10-18(24(30)29-14-6-3-7-15-29)16-20(19)26-23(27-22)17-8-4-2-5-9-17/h2,4-5,8-13,16H,3,6-7,14-15H2,1H3. The SMILES string of the molecule is Cn1nccc1-c1nc(-c2ccccc2)nc2cc(C(=O)N3CCCCC3)ccc12. The van der Waals surface area contributed by atoms with E-state index in [0.717, 1.165) is 53.8 Å². The van der Waals surface area contributed by atoms with Crippen LogP contribution in [0.25, 0.3) is 33.7 Å². The van der Waals surface area contributed by atoms with Crippen molar-refractivity contribution < 1.29 is 4.79 Å². The van der Waals surface area contributed by atoms with Gasteiger partial charge < -0.3 is 4.90 Å². The van der Waals surface area contributed by atoms with E-state index in [9.17, 15) is 4.79 Å². The number of nitrogens with zero attached hydrogens (tertiary/aromatic N) is 5. The second-order valence-electron chi connectivity index (χ2n) is 7.69. The number of carbonyl (C=O) groups is 1. The van der Waals surface area contributed by atoms with Crippen molar-refractivity contribution in [3.05, 3.63) is 66.4 Å². The van der Waals surface area contributed by atoms with Crippen LogP contribution in [0.5, 0.6) is 0 Å². The van der Waals surface area contributed by atoms with E-state index in [-0.39, 0.29) is 5.91 Å². The molecule has 3 heterocycles. The Balaban J connectivity index is 1.67. The van der Waals surface area contributed by atoms with Crippen molar-refractivity contribution in [1.82, 2.24) is 24.6 Å². The zero-order valence-electron chi connectivity index (χ0n) is 17.0. The number of likely N-dealkylation sites (tertiary alicyclic amines) is 1. The van der Waals surface area contributed by atoms with Crippen LogP contribution in [-0.4, -0.2) is 43.6 Å². The molecule has 0 saturated carbocycles. The van der Waals surface area contributed by atoms with Crippen molar-refractivity contribution in [2.24, 2.45) is 7.05 Å². The van der Waals surface area contributed by atoms with E-state index < -0.39 is 0 Å². The molecule has 2 aromatic heterocycles. The first kappa shape index (κ1) is 18.5. The van der Waals surface area contributed by atoms with Gasteiger partial charge in [-0.05, 0) is 43.5 Å². The summed E-state index contributed by atoms with van der Waals surface area (Å²) in [5, 5.41) is 5.22. The summed E-state index contributed by atoms with van der Waals surface area (Å²) < 4.78 is 1.81. The number of rotatable bonds is 3. The Morgan fingerprint density at radius 2 is 1.73 bits per heavy atom. The summed E-state index contributed by atoms with van der Waals surface area (Å²) in [6, 6.07) is 17.6. The summed E-state index contributed by atoms with van der Waals surface area (Å²) in [4.78, 5) is 24.7. The second-order valence-corrected chi connectivity index (χ2v) is 7.69. The van der Waals surface area contributed by atoms with Crippen molar-refractivity contribution in [3.8, 4) is 22.8 Å². The third-order valence-electron chi connectivity index (χ3n) is 5.68. The highest BCUT2D eigenvalue weighted by Gasteiger charge is 2.20. The zero-order chi connectivity index (χ0) is 20.5. The number of piperidine rings is 1. The quantitative estimate of drug-likeness (QED) is 0.516. The number of carbonyl (C=O) groups excluding carboxylic acids is 1. The van der Waals surface area contributed by atoms with Gasteiger partial charge in [-0.1, -0.05) is 30.3 Å². The van der Waals surface area contributed by atoms with E-state index in [2.05, 4.69) is 5.10 Å². The lowest BCUT2D eigenvalue weighted by molar-refractivity contribution is 0.0724. The molecule has 0 spiro atoms. The Hall–Kier alpha value is -3.54. The van der Waals surface area contributed by atoms with Crippen LogP contribution in [0.15, 0.2) is 60.8 Å². The highest BCUT2D eigenvalue weighted by molar-refractivity contribution is 6.00. The summed E-state index contributed by atoms with van der Waals surface area (Å²) in [5.74, 6) is 0.723. The fraction of sp³-hybridized carbons (Fsp3) is 0.250. The maximum absolute atomic E-state index is 13.0. The predicted octanol–water partition coefficient (Wildman–Crippen LogP) is 4.32. The number of aromatic nitrogens is 4. The van der Waals surface area contributed by atoms with E-state index >= 15 is 0 Å². The molecule has 0 N–H and O–H groups in total. The molecule has 4 aromatic rings. The third-order valence-corrected chi connectivity index (χ3v) is 5.68. The maximum Gasteiger partial charge on any atom is 0.253 e. The van der Waals surface area contributed by atoms with Crippen molar-refractivity contribution in [3.63, 3.8) is 0 Å². The van der Waals surface area contributed by atoms with Crippen LogP contribution in [0.4, 0.5) is 0 Å². The second kappa shape index (κ2) is 7.71. The molecular formula is C24H23N5O. The van der Waals surface area contributed by atoms with E-state index in [0.29, 0.717) is 11.4 Å². The van der Waals surface area contributed by atoms with Crippen molar-refractivity contribution >= 4 is 16.8 Å². The van der Waals surface area contributed by atoms with Gasteiger partial charge in [0.25, 0.3) is 5.91 Å². The molecule has 1 amide bonds. The molecule has 0 bridgehead atoms. The first-order valence-electron chi connectivity index (χ1n) is 10.4. The van der Waals surface area contributed by atoms with Gasteiger partial charge in [-0.25, -0.2) is 9.97 Å². The fourth-order valence-electron chi connectivity index (χ4n) is 4.06. The van der Waals surface area contributed by atoms with E-state index in [4.69, 9.17) is 9.97 Å². The minimum Gasteiger partial charge on any atom is -0.339 e. The molecular weight excluding hydrogens is 374 g/mol. The molecule has 150 valence electrons. The van der Waals surface area contributed by atoms with Gasteiger partial charge in [-0.3, -0.25) is 9.48 Å². The molecule has 1 fully saturated rings. The van der Waals surface area contributed by atoms with Crippen molar-refractivity contribution in [2.75, 3.05) is 13.1 Å². The molecule has 5 rings (SSSR count). The zero-order valence-corrected chi connectivity index (χ0v) is 17.0. The first-order chi connectivity index (χ1) is 14.7. The summed E-state index contributed by atoms with van der Waals surface area (Å²) >= 11 is 0. The number of fused-ring (bicyclic) bond motifs is 1. The Morgan fingerprint density at radius 1 is 0.933 bits per heavy atom. The molecule has 0 aliphatic carbocycles. The van der Waals surface area contributed by atoms with Crippen LogP contribution in [0.2, 0.25) is 0 Å². The van der Waals surface area contributed by atoms with E-state index in [1.165, 1.54) is 6.42 Å². The molecule has 1 saturated heterocycles. The van der Waals surface area contributed by atoms with Crippen LogP contribution < -0.4 is 0 Å². The lowest BCUT2D eigenvalue weighted by Crippen LogP contribution is -2.35. The largest absolute Gasteiger partial charge is 0.339 e. The van der Waals surface area contributed by atoms with Crippen LogP contribution in [0, 0.1) is 0 Å². The molecule has 1 aliphatic heterocycles. The van der Waals surface area contributed by atoms with Gasteiger partial charge in [-0.2, -0.15) is 5.10 Å². The molecule has 6 heteroatoms. The molecule has 6 nitrogen and oxygen atoms in total. The molecule has 0 atom stereocenters. The summed E-state index contributed by atoms with van der Waals surface area (Å²) in [7, 11) is 1.90. The Bertz CT molecular complexity index is 1210. The summed E-state index contributed by atoms with van der Waals surface area (Å²) in [6.07, 6.45) is 5.11. The number of aryl methyl sites for hydroxylation is 1. The van der Waals surface area contributed by atoms with Crippen molar-refractivity contribution in [2.45, 2.75) is 19.3 Å². The van der Waals surface area contributed by atoms with E-state index in [1.807, 2.05) is 71.2 Å². The maximum atomic E-state index is 13.0. The number of hydrogen-bond donors (Lipinski definition) is 0. The number of amides is 1. The summed E-state index contributed by atoms with van der Waals surface area (Å²) in [6.45, 7) is 1.66. The smallest absolute Gasteiger partial charge is 0.253 e. The van der Waals surface area contributed by atoms with Gasteiger partial charge >= 0.3 is 0 Å². The van der Waals surface area contributed by atoms with Crippen LogP contribution in [0.3, 0.4) is 0 Å². The van der Waals surface area contributed by atoms with Crippen LogP contribution >= 0.6 is 0 Å². The van der Waals surface area contributed by atoms with Gasteiger partial charge in [0, 0.05) is 42.8 Å². The fourth-order valence-corrected chi connectivity index (χ4v) is 4.06. The lowest BCUT2D eigenvalue weighted by atomic mass is 10.0. The molecule has 30 heavy (non-hydrogen) atoms. The van der Waals surface area contributed by atoms with Gasteiger partial charge in [0.1, 0.15) is 5.69 Å². The molecule has 2 aromatic carbocycles. The number of hydrogen-bond acceptors (Lipinski definition) is 4. The first-order valence-corrected chi connectivity index (χ1v) is 10.4. The normalized spacial score (nSPS) is 14.2. The average Bonchev–Trinajstić information content (AvgIpc) is 3.24. The third kappa shape index (κ3) is 3.34. The topological polar surface area (TPSA) is 63.9 Å². The van der Waals surface area contributed by atoms with E-state index in [1.54, 1.807) is 6.20 Å². The highest BCUT2D eigenvalue weighted by atomic mass is 16.2. The van der Waals surface area contributed by atoms with Crippen molar-refractivity contribution in [1.29, 1.82) is 0 Å². The van der Waals surface area contributed by atoms with Crippen LogP contribution in [-0.2, 0) is 7.05 Å². The Kier molecular flexibility index (Phi) is 4.75. The molecule has 0 radical (unpaired) electrons. The highest BCUT2D eigenvalue weighted by Crippen LogP contribution is 2.29. The Labute approximate surface area is 175 Å². The predicted molar refractivity (Wildman–Crippen MR) is 117 cm³/mol. The van der Waals surface area contributed by atoms with Gasteiger partial charge in [0.05, 0.1) is 11.2 Å². The van der Waals surface area contributed by atoms with Gasteiger partial charge in [0.15, 0.2) is 5.82 Å². The van der Waals surface area contributed by atoms with Gasteiger partial charge in [0.2, 0.25) is 0 Å². The Morgan fingerprint density at radius 3 is 2.47 bits per heavy atom. The summed E-state index contributed by atoms with van der Waals surface area (Å²) in [5.41, 5.74) is 4.11. The molecule has 0 unspecified atom stereocenters. The molecule has 1 aliphatic rings. The lowest BCUT2D eigenvalue weighted by Gasteiger charge is -2.26. The monoisotopic (exact) mass is 397 g/mol. The van der Waals surface area contributed by atoms with Gasteiger partial charge in [-0.15, -0.1) is 0 Å². The average molecular weight is 397 g/mol. The van der Waals surface area contributed by atoms with Crippen LogP contribution in [0.1, 0.15) is 29.6 Å².